The lowest BCUT2D eigenvalue weighted by molar-refractivity contribution is -0.126. The molecule has 0 aliphatic carbocycles. The lowest BCUT2D eigenvalue weighted by Crippen LogP contribution is -2.55. The minimum atomic E-state index is -0.121. The van der Waals surface area contributed by atoms with Crippen LogP contribution in [-0.4, -0.2) is 60.5 Å². The van der Waals surface area contributed by atoms with Gasteiger partial charge in [-0.25, -0.2) is 0 Å². The molecule has 0 radical (unpaired) electrons. The molecule has 5 nitrogen and oxygen atoms in total. The highest BCUT2D eigenvalue weighted by Crippen LogP contribution is 2.09. The highest BCUT2D eigenvalue weighted by Gasteiger charge is 2.26. The molecule has 0 aromatic rings. The summed E-state index contributed by atoms with van der Waals surface area (Å²) in [7, 11) is 0. The highest BCUT2D eigenvalue weighted by atomic mass is 16.2. The number of carbonyl (C=O) groups is 1. The molecule has 5 heteroatoms. The summed E-state index contributed by atoms with van der Waals surface area (Å²) in [6.07, 6.45) is 1.68. The molecule has 1 saturated heterocycles. The number of nitriles is 1. The van der Waals surface area contributed by atoms with Gasteiger partial charge >= 0.3 is 0 Å². The van der Waals surface area contributed by atoms with E-state index >= 15 is 0 Å². The van der Waals surface area contributed by atoms with Crippen LogP contribution >= 0.6 is 0 Å². The van der Waals surface area contributed by atoms with Crippen LogP contribution in [-0.2, 0) is 4.79 Å². The number of rotatable bonds is 5. The van der Waals surface area contributed by atoms with Crippen LogP contribution in [0, 0.1) is 11.3 Å². The molecule has 2 unspecified atom stereocenters. The highest BCUT2D eigenvalue weighted by molar-refractivity contribution is 5.81. The Balaban J connectivity index is 2.40. The second kappa shape index (κ2) is 7.14. The fraction of sp³-hybridized carbons (Fsp3) is 0.692. The number of hydrogen-bond donors (Lipinski definition) is 1. The number of nitrogens with zero attached hydrogens (tertiary/aromatic N) is 3. The van der Waals surface area contributed by atoms with Gasteiger partial charge in [0.05, 0.1) is 18.2 Å². The van der Waals surface area contributed by atoms with E-state index in [0.29, 0.717) is 6.54 Å². The van der Waals surface area contributed by atoms with E-state index in [-0.39, 0.29) is 18.0 Å². The van der Waals surface area contributed by atoms with Crippen LogP contribution in [0.5, 0.6) is 0 Å². The maximum absolute atomic E-state index is 11.8. The van der Waals surface area contributed by atoms with Gasteiger partial charge in [-0.05, 0) is 13.8 Å². The van der Waals surface area contributed by atoms with Gasteiger partial charge in [0.2, 0.25) is 5.91 Å². The van der Waals surface area contributed by atoms with Crippen molar-refractivity contribution in [1.29, 1.82) is 5.26 Å². The van der Waals surface area contributed by atoms with Gasteiger partial charge in [-0.3, -0.25) is 14.6 Å². The fourth-order valence-corrected chi connectivity index (χ4v) is 2.08. The molecule has 18 heavy (non-hydrogen) atoms. The molecule has 1 aliphatic heterocycles. The van der Waals surface area contributed by atoms with Gasteiger partial charge in [0.25, 0.3) is 0 Å². The normalized spacial score (nSPS) is 20.7. The standard InChI is InChI=1S/C13H22N4O/c1-4-5-15-13(18)12(3)17-8-6-16(7-9-17)11(2)10-14/h4,11-12H,1,5-9H2,2-3H3,(H,15,18). The topological polar surface area (TPSA) is 59.4 Å². The number of nitrogens with one attached hydrogen (secondary N) is 1. The first-order valence-electron chi connectivity index (χ1n) is 6.36. The Morgan fingerprint density at radius 1 is 1.39 bits per heavy atom. The molecule has 1 fully saturated rings. The third-order valence-corrected chi connectivity index (χ3v) is 3.43. The molecule has 1 amide bonds. The third-order valence-electron chi connectivity index (χ3n) is 3.43. The third kappa shape index (κ3) is 3.83. The largest absolute Gasteiger partial charge is 0.351 e. The van der Waals surface area contributed by atoms with Crippen LogP contribution < -0.4 is 5.32 Å². The van der Waals surface area contributed by atoms with E-state index in [1.165, 1.54) is 0 Å². The molecule has 0 bridgehead atoms. The number of amides is 1. The van der Waals surface area contributed by atoms with Gasteiger partial charge < -0.3 is 5.32 Å². The summed E-state index contributed by atoms with van der Waals surface area (Å²) < 4.78 is 0. The van der Waals surface area contributed by atoms with Crippen molar-refractivity contribution in [2.45, 2.75) is 25.9 Å². The summed E-state index contributed by atoms with van der Waals surface area (Å²) in [6, 6.07) is 2.08. The molecule has 1 N–H and O–H groups in total. The summed E-state index contributed by atoms with van der Waals surface area (Å²) in [5.41, 5.74) is 0. The first kappa shape index (κ1) is 14.7. The second-order valence-electron chi connectivity index (χ2n) is 4.59. The maximum atomic E-state index is 11.8. The van der Waals surface area contributed by atoms with Crippen molar-refractivity contribution in [2.75, 3.05) is 32.7 Å². The van der Waals surface area contributed by atoms with Crippen LogP contribution in [0.1, 0.15) is 13.8 Å². The van der Waals surface area contributed by atoms with E-state index in [1.54, 1.807) is 6.08 Å². The first-order chi connectivity index (χ1) is 8.60. The van der Waals surface area contributed by atoms with E-state index in [2.05, 4.69) is 27.8 Å². The molecule has 1 rings (SSSR count). The van der Waals surface area contributed by atoms with Crippen LogP contribution in [0.25, 0.3) is 0 Å². The fourth-order valence-electron chi connectivity index (χ4n) is 2.08. The Kier molecular flexibility index (Phi) is 5.83. The molecular formula is C13H22N4O. The molecular weight excluding hydrogens is 228 g/mol. The van der Waals surface area contributed by atoms with Crippen LogP contribution in [0.4, 0.5) is 0 Å². The van der Waals surface area contributed by atoms with Crippen molar-refractivity contribution in [2.24, 2.45) is 0 Å². The van der Waals surface area contributed by atoms with E-state index in [1.807, 2.05) is 13.8 Å². The zero-order chi connectivity index (χ0) is 13.5. The van der Waals surface area contributed by atoms with Gasteiger partial charge in [0.1, 0.15) is 0 Å². The van der Waals surface area contributed by atoms with Crippen LogP contribution in [0.2, 0.25) is 0 Å². The van der Waals surface area contributed by atoms with Gasteiger partial charge in [-0.2, -0.15) is 5.26 Å². The summed E-state index contributed by atoms with van der Waals surface area (Å²) >= 11 is 0. The summed E-state index contributed by atoms with van der Waals surface area (Å²) in [5, 5.41) is 11.7. The van der Waals surface area contributed by atoms with Crippen LogP contribution in [0.15, 0.2) is 12.7 Å². The smallest absolute Gasteiger partial charge is 0.237 e. The van der Waals surface area contributed by atoms with Crippen molar-refractivity contribution < 1.29 is 4.79 Å². The monoisotopic (exact) mass is 250 g/mol. The molecule has 0 saturated carbocycles. The molecule has 0 aromatic carbocycles. The van der Waals surface area contributed by atoms with Gasteiger partial charge in [-0.15, -0.1) is 6.58 Å². The molecule has 100 valence electrons. The van der Waals surface area contributed by atoms with Crippen molar-refractivity contribution in [3.05, 3.63) is 12.7 Å². The second-order valence-corrected chi connectivity index (χ2v) is 4.59. The Hall–Kier alpha value is -1.38. The average Bonchev–Trinajstić information content (AvgIpc) is 2.43. The van der Waals surface area contributed by atoms with E-state index < -0.39 is 0 Å². The Bertz CT molecular complexity index is 328. The molecule has 0 aromatic heterocycles. The predicted octanol–water partition coefficient (Wildman–Crippen LogP) is 0.207. The van der Waals surface area contributed by atoms with Crippen molar-refractivity contribution in [3.63, 3.8) is 0 Å². The lowest BCUT2D eigenvalue weighted by atomic mass is 10.2. The minimum absolute atomic E-state index is 0.0386. The predicted molar refractivity (Wildman–Crippen MR) is 70.9 cm³/mol. The zero-order valence-electron chi connectivity index (χ0n) is 11.2. The Labute approximate surface area is 109 Å². The maximum Gasteiger partial charge on any atom is 0.237 e. The van der Waals surface area contributed by atoms with E-state index in [9.17, 15) is 4.79 Å². The van der Waals surface area contributed by atoms with Crippen molar-refractivity contribution >= 4 is 5.91 Å². The lowest BCUT2D eigenvalue weighted by Gasteiger charge is -2.38. The Morgan fingerprint density at radius 2 is 1.94 bits per heavy atom. The zero-order valence-corrected chi connectivity index (χ0v) is 11.2. The van der Waals surface area contributed by atoms with Crippen molar-refractivity contribution in [3.8, 4) is 6.07 Å². The first-order valence-corrected chi connectivity index (χ1v) is 6.36. The quantitative estimate of drug-likeness (QED) is 0.709. The van der Waals surface area contributed by atoms with Crippen LogP contribution in [0.3, 0.4) is 0 Å². The SMILES string of the molecule is C=CCNC(=O)C(C)N1CCN(C(C)C#N)CC1. The van der Waals surface area contributed by atoms with Gasteiger partial charge in [0, 0.05) is 32.7 Å². The van der Waals surface area contributed by atoms with Crippen molar-refractivity contribution in [1.82, 2.24) is 15.1 Å². The van der Waals surface area contributed by atoms with Gasteiger partial charge in [0.15, 0.2) is 0 Å². The molecule has 2 atom stereocenters. The van der Waals surface area contributed by atoms with E-state index in [4.69, 9.17) is 5.26 Å². The number of carbonyl (C=O) groups excluding carboxylic acids is 1. The summed E-state index contributed by atoms with van der Waals surface area (Å²) in [6.45, 7) is 11.3. The minimum Gasteiger partial charge on any atom is -0.351 e. The molecule has 0 spiro atoms. The molecule has 1 aliphatic rings. The summed E-state index contributed by atoms with van der Waals surface area (Å²) in [5.74, 6) is 0.0386. The summed E-state index contributed by atoms with van der Waals surface area (Å²) in [4.78, 5) is 16.1. The molecule has 1 heterocycles. The number of piperazine rings is 1. The van der Waals surface area contributed by atoms with Gasteiger partial charge in [-0.1, -0.05) is 6.08 Å². The van der Waals surface area contributed by atoms with E-state index in [0.717, 1.165) is 26.2 Å². The Morgan fingerprint density at radius 3 is 2.44 bits per heavy atom. The number of hydrogen-bond acceptors (Lipinski definition) is 4. The average molecular weight is 250 g/mol.